The molecule has 29 heavy (non-hydrogen) atoms. The maximum atomic E-state index is 12.5. The quantitative estimate of drug-likeness (QED) is 0.553. The Balaban J connectivity index is 1.82. The van der Waals surface area contributed by atoms with Crippen molar-refractivity contribution in [2.75, 3.05) is 13.2 Å². The molecule has 154 valence electrons. The van der Waals surface area contributed by atoms with Crippen LogP contribution in [0, 0.1) is 12.8 Å². The number of aryl methyl sites for hydroxylation is 1. The fourth-order valence-corrected chi connectivity index (χ4v) is 3.95. The minimum atomic E-state index is -2.28. The third-order valence-electron chi connectivity index (χ3n) is 5.49. The molecule has 1 aliphatic rings. The highest BCUT2D eigenvalue weighted by Crippen LogP contribution is 2.39. The summed E-state index contributed by atoms with van der Waals surface area (Å²) in [4.78, 5) is 15.5. The van der Waals surface area contributed by atoms with Crippen LogP contribution in [0.2, 0.25) is 0 Å². The first-order valence-electron chi connectivity index (χ1n) is 9.71. The number of H-pyrrole nitrogens is 1. The standard InChI is InChI=1S/C21H25N3O4S/c1-13-15(7-10-23-29(26)27)5-6-18(28-12-14-3-4-14)19(13)17-11-24(2)21(25)20-16(17)8-9-22-20/h5-6,8-9,11,14,22-23H,3-4,7,10,12H2,1-2H3,(H,26,27)/p-1. The maximum Gasteiger partial charge on any atom is 0.274 e. The van der Waals surface area contributed by atoms with E-state index < -0.39 is 11.3 Å². The summed E-state index contributed by atoms with van der Waals surface area (Å²) in [5, 5.41) is 0.850. The Morgan fingerprint density at radius 3 is 2.86 bits per heavy atom. The van der Waals surface area contributed by atoms with Gasteiger partial charge < -0.3 is 18.8 Å². The number of ether oxygens (including phenoxy) is 1. The molecule has 3 aromatic rings. The monoisotopic (exact) mass is 414 g/mol. The smallest absolute Gasteiger partial charge is 0.274 e. The van der Waals surface area contributed by atoms with Gasteiger partial charge in [0.2, 0.25) is 0 Å². The van der Waals surface area contributed by atoms with E-state index in [1.165, 1.54) is 12.8 Å². The van der Waals surface area contributed by atoms with E-state index >= 15 is 0 Å². The van der Waals surface area contributed by atoms with Gasteiger partial charge in [-0.3, -0.25) is 9.00 Å². The van der Waals surface area contributed by atoms with Gasteiger partial charge in [-0.1, -0.05) is 6.07 Å². The summed E-state index contributed by atoms with van der Waals surface area (Å²) in [5.41, 5.74) is 4.42. The first kappa shape index (κ1) is 19.9. The molecular weight excluding hydrogens is 390 g/mol. The lowest BCUT2D eigenvalue weighted by atomic mass is 9.93. The predicted octanol–water partition coefficient (Wildman–Crippen LogP) is 2.56. The minimum absolute atomic E-state index is 0.0786. The van der Waals surface area contributed by atoms with E-state index in [9.17, 15) is 13.6 Å². The molecule has 1 aliphatic carbocycles. The Morgan fingerprint density at radius 1 is 1.34 bits per heavy atom. The van der Waals surface area contributed by atoms with Crippen molar-refractivity contribution in [3.8, 4) is 16.9 Å². The molecule has 1 saturated carbocycles. The van der Waals surface area contributed by atoms with Crippen LogP contribution in [0.1, 0.15) is 24.0 Å². The molecule has 4 rings (SSSR count). The van der Waals surface area contributed by atoms with Gasteiger partial charge in [0.25, 0.3) is 5.56 Å². The number of nitrogens with zero attached hydrogens (tertiary/aromatic N) is 1. The number of pyridine rings is 1. The first-order valence-corrected chi connectivity index (χ1v) is 10.8. The molecule has 0 amide bonds. The van der Waals surface area contributed by atoms with Crippen molar-refractivity contribution < 1.29 is 13.5 Å². The van der Waals surface area contributed by atoms with Gasteiger partial charge in [0, 0.05) is 53.8 Å². The number of hydrogen-bond acceptors (Lipinski definition) is 4. The second-order valence-corrected chi connectivity index (χ2v) is 8.34. The summed E-state index contributed by atoms with van der Waals surface area (Å²) in [5.74, 6) is 1.41. The van der Waals surface area contributed by atoms with Crippen molar-refractivity contribution in [3.05, 3.63) is 52.1 Å². The number of fused-ring (bicyclic) bond motifs is 1. The van der Waals surface area contributed by atoms with Gasteiger partial charge >= 0.3 is 0 Å². The molecule has 7 nitrogen and oxygen atoms in total. The van der Waals surface area contributed by atoms with E-state index in [0.29, 0.717) is 31.0 Å². The van der Waals surface area contributed by atoms with E-state index in [0.717, 1.165) is 33.4 Å². The van der Waals surface area contributed by atoms with Gasteiger partial charge in [-0.05, 0) is 55.4 Å². The van der Waals surface area contributed by atoms with Crippen molar-refractivity contribution >= 4 is 22.2 Å². The minimum Gasteiger partial charge on any atom is -0.760 e. The second kappa shape index (κ2) is 8.14. The van der Waals surface area contributed by atoms with E-state index in [1.54, 1.807) is 17.8 Å². The highest BCUT2D eigenvalue weighted by molar-refractivity contribution is 7.77. The molecule has 1 fully saturated rings. The van der Waals surface area contributed by atoms with Crippen LogP contribution in [0.15, 0.2) is 35.4 Å². The molecule has 2 heterocycles. The lowest BCUT2D eigenvalue weighted by Crippen LogP contribution is -2.20. The summed E-state index contributed by atoms with van der Waals surface area (Å²) in [6.45, 7) is 3.03. The zero-order valence-corrected chi connectivity index (χ0v) is 17.3. The highest BCUT2D eigenvalue weighted by Gasteiger charge is 2.24. The summed E-state index contributed by atoms with van der Waals surface area (Å²) in [6.07, 6.45) is 6.59. The molecule has 1 atom stereocenters. The second-order valence-electron chi connectivity index (χ2n) is 7.58. The Bertz CT molecular complexity index is 1130. The highest BCUT2D eigenvalue weighted by atomic mass is 32.2. The van der Waals surface area contributed by atoms with Crippen LogP contribution in [-0.2, 0) is 24.7 Å². The normalized spacial score (nSPS) is 15.0. The molecule has 1 unspecified atom stereocenters. The van der Waals surface area contributed by atoms with Gasteiger partial charge in [-0.25, -0.2) is 4.72 Å². The van der Waals surface area contributed by atoms with Crippen LogP contribution in [0.4, 0.5) is 0 Å². The fraction of sp³-hybridized carbons (Fsp3) is 0.381. The van der Waals surface area contributed by atoms with Gasteiger partial charge in [-0.2, -0.15) is 0 Å². The summed E-state index contributed by atoms with van der Waals surface area (Å²) < 4.78 is 31.8. The van der Waals surface area contributed by atoms with Crippen LogP contribution in [0.3, 0.4) is 0 Å². The van der Waals surface area contributed by atoms with Crippen LogP contribution in [-0.4, -0.2) is 31.5 Å². The molecule has 0 aliphatic heterocycles. The molecule has 1 aromatic carbocycles. The van der Waals surface area contributed by atoms with Crippen molar-refractivity contribution in [2.45, 2.75) is 26.2 Å². The van der Waals surface area contributed by atoms with E-state index in [4.69, 9.17) is 4.74 Å². The van der Waals surface area contributed by atoms with Crippen LogP contribution in [0.5, 0.6) is 5.75 Å². The summed E-state index contributed by atoms with van der Waals surface area (Å²) >= 11 is -2.28. The van der Waals surface area contributed by atoms with Crippen LogP contribution >= 0.6 is 0 Å². The Kier molecular flexibility index (Phi) is 5.58. The summed E-state index contributed by atoms with van der Waals surface area (Å²) in [7, 11) is 1.74. The van der Waals surface area contributed by atoms with Crippen LogP contribution in [0.25, 0.3) is 22.0 Å². The molecule has 0 radical (unpaired) electrons. The first-order chi connectivity index (χ1) is 14.0. The largest absolute Gasteiger partial charge is 0.760 e. The van der Waals surface area contributed by atoms with Crippen molar-refractivity contribution in [1.29, 1.82) is 0 Å². The molecule has 0 spiro atoms. The van der Waals surface area contributed by atoms with Crippen LogP contribution < -0.4 is 15.0 Å². The van der Waals surface area contributed by atoms with Crippen molar-refractivity contribution in [3.63, 3.8) is 0 Å². The Morgan fingerprint density at radius 2 is 2.14 bits per heavy atom. The molecule has 0 saturated heterocycles. The molecule has 0 bridgehead atoms. The van der Waals surface area contributed by atoms with Gasteiger partial charge in [0.1, 0.15) is 11.3 Å². The number of aromatic nitrogens is 2. The molecule has 8 heteroatoms. The SMILES string of the molecule is Cc1c(CCNS(=O)[O-])ccc(OCC2CC2)c1-c1cn(C)c(=O)c2[nH]ccc12. The zero-order valence-electron chi connectivity index (χ0n) is 16.5. The van der Waals surface area contributed by atoms with E-state index in [-0.39, 0.29) is 5.56 Å². The average Bonchev–Trinajstić information content (AvgIpc) is 3.38. The lowest BCUT2D eigenvalue weighted by Gasteiger charge is -2.19. The van der Waals surface area contributed by atoms with E-state index in [1.807, 2.05) is 31.3 Å². The topological polar surface area (TPSA) is 99.2 Å². The molecular formula is C21H24N3O4S-. The number of benzene rings is 1. The number of rotatable bonds is 8. The summed E-state index contributed by atoms with van der Waals surface area (Å²) in [6, 6.07) is 5.86. The fourth-order valence-electron chi connectivity index (χ4n) is 3.69. The van der Waals surface area contributed by atoms with Gasteiger partial charge in [0.15, 0.2) is 0 Å². The van der Waals surface area contributed by atoms with Crippen molar-refractivity contribution in [1.82, 2.24) is 14.3 Å². The zero-order chi connectivity index (χ0) is 20.5. The average molecular weight is 415 g/mol. The predicted molar refractivity (Wildman–Crippen MR) is 113 cm³/mol. The molecule has 2 aromatic heterocycles. The maximum absolute atomic E-state index is 12.5. The third-order valence-corrected chi connectivity index (χ3v) is 5.93. The Labute approximate surface area is 171 Å². The van der Waals surface area contributed by atoms with Gasteiger partial charge in [-0.15, -0.1) is 0 Å². The third kappa shape index (κ3) is 4.14. The number of nitrogens with one attached hydrogen (secondary N) is 2. The number of aromatic amines is 1. The Hall–Kier alpha value is -2.42. The lowest BCUT2D eigenvalue weighted by molar-refractivity contribution is 0.301. The molecule has 2 N–H and O–H groups in total. The number of hydrogen-bond donors (Lipinski definition) is 2. The van der Waals surface area contributed by atoms with Gasteiger partial charge in [0.05, 0.1) is 6.61 Å². The van der Waals surface area contributed by atoms with E-state index in [2.05, 4.69) is 9.71 Å². The van der Waals surface area contributed by atoms with Crippen molar-refractivity contribution in [2.24, 2.45) is 13.0 Å².